The van der Waals surface area contributed by atoms with Crippen LogP contribution in [0.2, 0.25) is 0 Å². The number of aryl methyl sites for hydroxylation is 3. The van der Waals surface area contributed by atoms with Crippen LogP contribution in [-0.2, 0) is 13.5 Å². The third-order valence-electron chi connectivity index (χ3n) is 4.97. The summed E-state index contributed by atoms with van der Waals surface area (Å²) in [4.78, 5) is 3.72. The molecule has 1 aliphatic rings. The van der Waals surface area contributed by atoms with E-state index in [1.165, 1.54) is 44.6 Å². The SMILES string of the molecule is [C-]#[N+]c1cccc2c1Cc1c-2ccc(C)c1-c1ccc(C)c[n+]1C. The Morgan fingerprint density at radius 2 is 1.75 bits per heavy atom. The summed E-state index contributed by atoms with van der Waals surface area (Å²) in [6.45, 7) is 11.7. The zero-order chi connectivity index (χ0) is 16.8. The summed E-state index contributed by atoms with van der Waals surface area (Å²) >= 11 is 0. The fraction of sp³-hybridized carbons (Fsp3) is 0.182. The third-order valence-corrected chi connectivity index (χ3v) is 4.97. The molecule has 2 nitrogen and oxygen atoms in total. The number of nitrogens with zero attached hydrogens (tertiary/aromatic N) is 2. The first kappa shape index (κ1) is 14.7. The number of benzene rings is 2. The highest BCUT2D eigenvalue weighted by Crippen LogP contribution is 2.45. The van der Waals surface area contributed by atoms with Gasteiger partial charge in [-0.3, -0.25) is 0 Å². The Bertz CT molecular complexity index is 1020. The smallest absolute Gasteiger partial charge is 0.212 e. The van der Waals surface area contributed by atoms with Crippen LogP contribution in [0.15, 0.2) is 48.7 Å². The molecule has 2 aromatic carbocycles. The van der Waals surface area contributed by atoms with Crippen molar-refractivity contribution in [1.29, 1.82) is 0 Å². The van der Waals surface area contributed by atoms with Gasteiger partial charge in [0, 0.05) is 11.6 Å². The van der Waals surface area contributed by atoms with Crippen LogP contribution in [0.5, 0.6) is 0 Å². The van der Waals surface area contributed by atoms with Gasteiger partial charge in [-0.05, 0) is 54.2 Å². The zero-order valence-corrected chi connectivity index (χ0v) is 14.2. The van der Waals surface area contributed by atoms with Gasteiger partial charge >= 0.3 is 0 Å². The Hall–Kier alpha value is -2.92. The molecule has 0 saturated carbocycles. The van der Waals surface area contributed by atoms with Gasteiger partial charge in [0.1, 0.15) is 7.05 Å². The van der Waals surface area contributed by atoms with Crippen molar-refractivity contribution < 1.29 is 4.57 Å². The van der Waals surface area contributed by atoms with Crippen molar-refractivity contribution in [3.8, 4) is 22.4 Å². The van der Waals surface area contributed by atoms with Crippen LogP contribution in [0.25, 0.3) is 27.2 Å². The van der Waals surface area contributed by atoms with Gasteiger partial charge in [0.15, 0.2) is 11.9 Å². The fourth-order valence-corrected chi connectivity index (χ4v) is 3.86. The molecule has 0 atom stereocenters. The maximum Gasteiger partial charge on any atom is 0.212 e. The highest BCUT2D eigenvalue weighted by Gasteiger charge is 2.27. The minimum atomic E-state index is 0.778. The summed E-state index contributed by atoms with van der Waals surface area (Å²) < 4.78 is 2.21. The quantitative estimate of drug-likeness (QED) is 0.348. The molecule has 0 radical (unpaired) electrons. The molecule has 0 spiro atoms. The molecule has 24 heavy (non-hydrogen) atoms. The lowest BCUT2D eigenvalue weighted by atomic mass is 9.94. The Morgan fingerprint density at radius 3 is 2.50 bits per heavy atom. The summed E-state index contributed by atoms with van der Waals surface area (Å²) in [5.41, 5.74) is 10.9. The van der Waals surface area contributed by atoms with Gasteiger partial charge in [-0.15, -0.1) is 0 Å². The molecule has 1 aliphatic carbocycles. The molecule has 3 aromatic rings. The van der Waals surface area contributed by atoms with E-state index in [-0.39, 0.29) is 0 Å². The van der Waals surface area contributed by atoms with Gasteiger partial charge in [-0.25, -0.2) is 9.41 Å². The molecular weight excluding hydrogens is 292 g/mol. The average Bonchev–Trinajstić information content (AvgIpc) is 2.94. The number of fused-ring (bicyclic) bond motifs is 3. The summed E-state index contributed by atoms with van der Waals surface area (Å²) in [6, 6.07) is 14.8. The molecule has 0 saturated heterocycles. The van der Waals surface area contributed by atoms with Crippen LogP contribution in [0.4, 0.5) is 5.69 Å². The van der Waals surface area contributed by atoms with Gasteiger partial charge in [0.05, 0.1) is 12.1 Å². The Labute approximate surface area is 142 Å². The maximum absolute atomic E-state index is 7.46. The van der Waals surface area contributed by atoms with Gasteiger partial charge in [0.2, 0.25) is 5.69 Å². The van der Waals surface area contributed by atoms with Crippen LogP contribution >= 0.6 is 0 Å². The standard InChI is InChI=1S/C22H19N2/c1-14-8-11-21(24(4)13-14)22-15(2)9-10-17-16-6-5-7-20(23-3)18(16)12-19(17)22/h5-11,13H,12H2,1-2,4H3/q+1. The lowest BCUT2D eigenvalue weighted by Crippen LogP contribution is -2.31. The second-order valence-electron chi connectivity index (χ2n) is 6.58. The van der Waals surface area contributed by atoms with E-state index in [2.05, 4.69) is 66.8 Å². The van der Waals surface area contributed by atoms with Gasteiger partial charge < -0.3 is 0 Å². The predicted molar refractivity (Wildman–Crippen MR) is 97.0 cm³/mol. The van der Waals surface area contributed by atoms with E-state index in [9.17, 15) is 0 Å². The van der Waals surface area contributed by atoms with E-state index in [1.807, 2.05) is 12.1 Å². The number of hydrogen-bond donors (Lipinski definition) is 0. The fourth-order valence-electron chi connectivity index (χ4n) is 3.86. The number of pyridine rings is 1. The zero-order valence-electron chi connectivity index (χ0n) is 14.2. The van der Waals surface area contributed by atoms with Crippen molar-refractivity contribution in [2.75, 3.05) is 0 Å². The van der Waals surface area contributed by atoms with E-state index in [4.69, 9.17) is 6.57 Å². The van der Waals surface area contributed by atoms with E-state index in [0.717, 1.165) is 12.1 Å². The van der Waals surface area contributed by atoms with Crippen molar-refractivity contribution in [2.24, 2.45) is 7.05 Å². The minimum Gasteiger partial charge on any atom is -0.238 e. The van der Waals surface area contributed by atoms with Crippen LogP contribution in [0.1, 0.15) is 22.3 Å². The summed E-state index contributed by atoms with van der Waals surface area (Å²) in [7, 11) is 2.10. The van der Waals surface area contributed by atoms with Crippen LogP contribution in [0, 0.1) is 20.4 Å². The Kier molecular flexibility index (Phi) is 3.25. The summed E-state index contributed by atoms with van der Waals surface area (Å²) in [6.07, 6.45) is 3.01. The molecule has 0 amide bonds. The van der Waals surface area contributed by atoms with Crippen molar-refractivity contribution in [3.05, 3.63) is 82.3 Å². The molecule has 2 heteroatoms. The highest BCUT2D eigenvalue weighted by atomic mass is 14.9. The van der Waals surface area contributed by atoms with Crippen molar-refractivity contribution in [2.45, 2.75) is 20.3 Å². The molecule has 0 N–H and O–H groups in total. The molecule has 116 valence electrons. The summed E-state index contributed by atoms with van der Waals surface area (Å²) in [5.74, 6) is 0. The lowest BCUT2D eigenvalue weighted by molar-refractivity contribution is -0.660. The third kappa shape index (κ3) is 2.06. The van der Waals surface area contributed by atoms with Crippen molar-refractivity contribution in [3.63, 3.8) is 0 Å². The van der Waals surface area contributed by atoms with E-state index >= 15 is 0 Å². The van der Waals surface area contributed by atoms with Gasteiger partial charge in [-0.2, -0.15) is 0 Å². The molecule has 4 rings (SSSR count). The van der Waals surface area contributed by atoms with E-state index < -0.39 is 0 Å². The molecule has 0 aliphatic heterocycles. The number of aromatic nitrogens is 1. The molecule has 1 aromatic heterocycles. The van der Waals surface area contributed by atoms with E-state index in [0.29, 0.717) is 0 Å². The monoisotopic (exact) mass is 311 g/mol. The maximum atomic E-state index is 7.46. The Balaban J connectivity index is 2.00. The molecule has 1 heterocycles. The highest BCUT2D eigenvalue weighted by molar-refractivity contribution is 5.88. The molecular formula is C22H19N2+. The summed E-state index contributed by atoms with van der Waals surface area (Å²) in [5, 5.41) is 0. The second-order valence-corrected chi connectivity index (χ2v) is 6.58. The first-order valence-electron chi connectivity index (χ1n) is 8.19. The van der Waals surface area contributed by atoms with Gasteiger partial charge in [-0.1, -0.05) is 30.3 Å². The minimum absolute atomic E-state index is 0.778. The van der Waals surface area contributed by atoms with Crippen LogP contribution in [-0.4, -0.2) is 0 Å². The molecule has 0 bridgehead atoms. The van der Waals surface area contributed by atoms with Crippen LogP contribution < -0.4 is 4.57 Å². The topological polar surface area (TPSA) is 8.24 Å². The van der Waals surface area contributed by atoms with Crippen LogP contribution in [0.3, 0.4) is 0 Å². The van der Waals surface area contributed by atoms with Crippen molar-refractivity contribution >= 4 is 5.69 Å². The Morgan fingerprint density at radius 1 is 0.958 bits per heavy atom. The normalized spacial score (nSPS) is 11.8. The molecule has 0 unspecified atom stereocenters. The van der Waals surface area contributed by atoms with E-state index in [1.54, 1.807) is 0 Å². The van der Waals surface area contributed by atoms with Gasteiger partial charge in [0.25, 0.3) is 0 Å². The lowest BCUT2D eigenvalue weighted by Gasteiger charge is -2.11. The predicted octanol–water partition coefficient (Wildman–Crippen LogP) is 4.92. The average molecular weight is 311 g/mol. The van der Waals surface area contributed by atoms with Crippen molar-refractivity contribution in [1.82, 2.24) is 0 Å². The number of rotatable bonds is 1. The molecule has 0 fully saturated rings. The first-order chi connectivity index (χ1) is 11.6. The largest absolute Gasteiger partial charge is 0.238 e. The second kappa shape index (κ2) is 5.32. The number of hydrogen-bond acceptors (Lipinski definition) is 0. The first-order valence-corrected chi connectivity index (χ1v) is 8.19.